The van der Waals surface area contributed by atoms with E-state index >= 15 is 0 Å². The van der Waals surface area contributed by atoms with E-state index in [1.165, 1.54) is 12.3 Å². The average Bonchev–Trinajstić information content (AvgIpc) is 2.73. The number of ether oxygens (including phenoxy) is 1. The highest BCUT2D eigenvalue weighted by atomic mass is 35.5. The van der Waals surface area contributed by atoms with Gasteiger partial charge in [0.2, 0.25) is 10.0 Å². The van der Waals surface area contributed by atoms with Crippen molar-refractivity contribution in [1.82, 2.24) is 9.71 Å². The lowest BCUT2D eigenvalue weighted by atomic mass is 10.2. The molecule has 0 aliphatic heterocycles. The van der Waals surface area contributed by atoms with E-state index in [9.17, 15) is 13.2 Å². The third kappa shape index (κ3) is 6.28. The fourth-order valence-electron chi connectivity index (χ4n) is 2.46. The Bertz CT molecular complexity index is 1100. The maximum atomic E-state index is 12.3. The van der Waals surface area contributed by atoms with Gasteiger partial charge in [0.25, 0.3) is 0 Å². The second-order valence-corrected chi connectivity index (χ2v) is 8.69. The summed E-state index contributed by atoms with van der Waals surface area (Å²) in [5.41, 5.74) is 2.83. The van der Waals surface area contributed by atoms with Crippen molar-refractivity contribution in [2.45, 2.75) is 25.0 Å². The van der Waals surface area contributed by atoms with Gasteiger partial charge in [-0.15, -0.1) is 0 Å². The molecule has 0 aliphatic carbocycles. The van der Waals surface area contributed by atoms with Gasteiger partial charge >= 0.3 is 6.09 Å². The van der Waals surface area contributed by atoms with Gasteiger partial charge < -0.3 is 4.74 Å². The Morgan fingerprint density at radius 2 is 1.67 bits per heavy atom. The van der Waals surface area contributed by atoms with Crippen LogP contribution in [0.15, 0.2) is 71.8 Å². The Labute approximate surface area is 180 Å². The second-order valence-electron chi connectivity index (χ2n) is 6.48. The molecule has 1 heterocycles. The average molecular weight is 446 g/mol. The molecule has 1 aromatic heterocycles. The van der Waals surface area contributed by atoms with Gasteiger partial charge in [-0.05, 0) is 54.4 Å². The molecule has 0 fully saturated rings. The third-order valence-electron chi connectivity index (χ3n) is 4.14. The zero-order chi connectivity index (χ0) is 21.6. The highest BCUT2D eigenvalue weighted by Crippen LogP contribution is 2.14. The summed E-state index contributed by atoms with van der Waals surface area (Å²) in [6.45, 7) is 2.02. The molecule has 156 valence electrons. The van der Waals surface area contributed by atoms with Crippen molar-refractivity contribution in [2.24, 2.45) is 0 Å². The molecule has 3 aromatic rings. The molecule has 2 N–H and O–H groups in total. The number of carbonyl (C=O) groups is 1. The first-order chi connectivity index (χ1) is 14.3. The molecule has 0 radical (unpaired) electrons. The van der Waals surface area contributed by atoms with Gasteiger partial charge in [0.15, 0.2) is 0 Å². The van der Waals surface area contributed by atoms with E-state index in [4.69, 9.17) is 16.3 Å². The van der Waals surface area contributed by atoms with Crippen LogP contribution >= 0.6 is 11.6 Å². The summed E-state index contributed by atoms with van der Waals surface area (Å²) in [5, 5.41) is 3.23. The molecule has 0 aliphatic rings. The van der Waals surface area contributed by atoms with Crippen molar-refractivity contribution in [3.8, 4) is 0 Å². The van der Waals surface area contributed by atoms with Gasteiger partial charge in [0.1, 0.15) is 11.5 Å². The number of aryl methyl sites for hydroxylation is 1. The smallest absolute Gasteiger partial charge is 0.411 e. The van der Waals surface area contributed by atoms with Crippen LogP contribution in [0, 0.1) is 6.92 Å². The predicted octanol–water partition coefficient (Wildman–Crippen LogP) is 4.27. The van der Waals surface area contributed by atoms with E-state index in [1.54, 1.807) is 61.5 Å². The van der Waals surface area contributed by atoms with Gasteiger partial charge in [-0.3, -0.25) is 10.3 Å². The molecule has 7 nitrogen and oxygen atoms in total. The quantitative estimate of drug-likeness (QED) is 0.566. The topological polar surface area (TPSA) is 97.4 Å². The van der Waals surface area contributed by atoms with E-state index in [0.717, 1.165) is 16.8 Å². The van der Waals surface area contributed by atoms with Crippen LogP contribution in [-0.4, -0.2) is 19.5 Å². The van der Waals surface area contributed by atoms with Crippen molar-refractivity contribution in [3.63, 3.8) is 0 Å². The van der Waals surface area contributed by atoms with Crippen molar-refractivity contribution in [3.05, 3.63) is 88.7 Å². The van der Waals surface area contributed by atoms with E-state index in [1.807, 2.05) is 0 Å². The number of nitrogens with zero attached hydrogens (tertiary/aromatic N) is 1. The molecule has 0 spiro atoms. The van der Waals surface area contributed by atoms with Crippen LogP contribution < -0.4 is 10.0 Å². The number of pyridine rings is 1. The first-order valence-electron chi connectivity index (χ1n) is 9.01. The number of sulfonamides is 1. The molecule has 9 heteroatoms. The molecule has 0 saturated heterocycles. The number of hydrogen-bond donors (Lipinski definition) is 2. The van der Waals surface area contributed by atoms with Gasteiger partial charge in [-0.2, -0.15) is 0 Å². The summed E-state index contributed by atoms with van der Waals surface area (Å²) in [6, 6.07) is 16.9. The lowest BCUT2D eigenvalue weighted by Crippen LogP contribution is -2.23. The Morgan fingerprint density at radius 1 is 1.00 bits per heavy atom. The van der Waals surface area contributed by atoms with Gasteiger partial charge in [0.05, 0.1) is 0 Å². The highest BCUT2D eigenvalue weighted by Gasteiger charge is 2.14. The fourth-order valence-corrected chi connectivity index (χ4v) is 3.55. The zero-order valence-electron chi connectivity index (χ0n) is 16.1. The zero-order valence-corrected chi connectivity index (χ0v) is 17.7. The van der Waals surface area contributed by atoms with Gasteiger partial charge in [-0.25, -0.2) is 17.9 Å². The van der Waals surface area contributed by atoms with Gasteiger partial charge in [0, 0.05) is 29.1 Å². The molecular weight excluding hydrogens is 426 g/mol. The van der Waals surface area contributed by atoms with E-state index in [-0.39, 0.29) is 18.0 Å². The molecule has 2 aromatic carbocycles. The first-order valence-corrected chi connectivity index (χ1v) is 10.9. The van der Waals surface area contributed by atoms with Crippen molar-refractivity contribution < 1.29 is 17.9 Å². The maximum absolute atomic E-state index is 12.3. The SMILES string of the molecule is Cc1ccc(S(=O)(=O)NCc2ccc(NC(=O)OCc3ccc(Cl)cc3)cc2)cn1. The molecule has 0 saturated carbocycles. The summed E-state index contributed by atoms with van der Waals surface area (Å²) in [5.74, 6) is 0. The molecule has 30 heavy (non-hydrogen) atoms. The molecule has 0 bridgehead atoms. The number of anilines is 1. The van der Waals surface area contributed by atoms with Crippen molar-refractivity contribution in [2.75, 3.05) is 5.32 Å². The summed E-state index contributed by atoms with van der Waals surface area (Å²) >= 11 is 5.82. The monoisotopic (exact) mass is 445 g/mol. The number of rotatable bonds is 7. The third-order valence-corrected chi connectivity index (χ3v) is 5.78. The molecular formula is C21H20ClN3O4S. The predicted molar refractivity (Wildman–Crippen MR) is 115 cm³/mol. The van der Waals surface area contributed by atoms with Crippen LogP contribution in [0.1, 0.15) is 16.8 Å². The second kappa shape index (κ2) is 9.71. The van der Waals surface area contributed by atoms with E-state index < -0.39 is 16.1 Å². The largest absolute Gasteiger partial charge is 0.444 e. The summed E-state index contributed by atoms with van der Waals surface area (Å²) < 4.78 is 32.3. The minimum Gasteiger partial charge on any atom is -0.444 e. The van der Waals surface area contributed by atoms with Crippen LogP contribution in [0.25, 0.3) is 0 Å². The lowest BCUT2D eigenvalue weighted by Gasteiger charge is -2.09. The fraction of sp³-hybridized carbons (Fsp3) is 0.143. The standard InChI is InChI=1S/C21H20ClN3O4S/c1-15-2-11-20(13-23-15)30(27,28)24-12-16-5-9-19(10-6-16)25-21(26)29-14-17-3-7-18(22)8-4-17/h2-11,13,24H,12,14H2,1H3,(H,25,26). The number of nitrogens with one attached hydrogen (secondary N) is 2. The first kappa shape index (κ1) is 21.8. The Balaban J connectivity index is 1.50. The van der Waals surface area contributed by atoms with Crippen LogP contribution in [0.4, 0.5) is 10.5 Å². The highest BCUT2D eigenvalue weighted by molar-refractivity contribution is 7.89. The maximum Gasteiger partial charge on any atom is 0.411 e. The molecule has 3 rings (SSSR count). The molecule has 1 amide bonds. The van der Waals surface area contributed by atoms with E-state index in [0.29, 0.717) is 10.7 Å². The Hall–Kier alpha value is -2.94. The molecule has 0 unspecified atom stereocenters. The normalized spacial score (nSPS) is 11.1. The summed E-state index contributed by atoms with van der Waals surface area (Å²) in [6.07, 6.45) is 0.727. The number of hydrogen-bond acceptors (Lipinski definition) is 5. The lowest BCUT2D eigenvalue weighted by molar-refractivity contribution is 0.155. The van der Waals surface area contributed by atoms with Crippen molar-refractivity contribution in [1.29, 1.82) is 0 Å². The van der Waals surface area contributed by atoms with Crippen LogP contribution in [0.5, 0.6) is 0 Å². The Morgan fingerprint density at radius 3 is 2.30 bits per heavy atom. The minimum atomic E-state index is -3.65. The number of benzene rings is 2. The molecule has 0 atom stereocenters. The minimum absolute atomic E-state index is 0.106. The van der Waals surface area contributed by atoms with Crippen LogP contribution in [-0.2, 0) is 27.9 Å². The number of amides is 1. The number of carbonyl (C=O) groups excluding carboxylic acids is 1. The van der Waals surface area contributed by atoms with Crippen molar-refractivity contribution >= 4 is 33.4 Å². The van der Waals surface area contributed by atoms with Crippen LogP contribution in [0.2, 0.25) is 5.02 Å². The van der Waals surface area contributed by atoms with Gasteiger partial charge in [-0.1, -0.05) is 35.9 Å². The van der Waals surface area contributed by atoms with Crippen LogP contribution in [0.3, 0.4) is 0 Å². The summed E-state index contributed by atoms with van der Waals surface area (Å²) in [7, 11) is -3.65. The van der Waals surface area contributed by atoms with E-state index in [2.05, 4.69) is 15.0 Å². The Kier molecular flexibility index (Phi) is 7.04. The number of aromatic nitrogens is 1. The number of halogens is 1. The summed E-state index contributed by atoms with van der Waals surface area (Å²) in [4.78, 5) is 16.0.